The molecule has 12 heterocycles. The Hall–Kier alpha value is -7.24. The Morgan fingerprint density at radius 1 is 0.529 bits per heavy atom. The molecule has 102 heavy (non-hydrogen) atoms. The van der Waals surface area contributed by atoms with E-state index in [1.54, 1.807) is 0 Å². The Balaban J connectivity index is 0.748. The van der Waals surface area contributed by atoms with E-state index in [1.807, 2.05) is 0 Å². The van der Waals surface area contributed by atoms with E-state index < -0.39 is 218 Å². The second kappa shape index (κ2) is 29.7. The van der Waals surface area contributed by atoms with Gasteiger partial charge in [-0.05, 0) is 19.9 Å². The van der Waals surface area contributed by atoms with Crippen LogP contribution in [0, 0.1) is 13.8 Å². The Labute approximate surface area is 567 Å². The lowest BCUT2D eigenvalue weighted by Crippen LogP contribution is -2.33. The Morgan fingerprint density at radius 2 is 0.941 bits per heavy atom. The molecular weight excluding hydrogens is 1480 g/mol. The number of aryl methyl sites for hydroxylation is 2. The Bertz CT molecular complexity index is 4910. The predicted octanol–water partition coefficient (Wildman–Crippen LogP) is -1.85. The maximum atomic E-state index is 14.3. The molecule has 0 spiro atoms. The number of nitrogen functional groups attached to an aromatic ring is 3. The van der Waals surface area contributed by atoms with Gasteiger partial charge >= 0.3 is 56.6 Å². The monoisotopic (exact) mass is 1540 g/mol. The van der Waals surface area contributed by atoms with E-state index in [-0.39, 0.29) is 63.9 Å². The number of aliphatic hydroxyl groups excluding tert-OH is 1. The van der Waals surface area contributed by atoms with Crippen molar-refractivity contribution in [1.82, 2.24) is 67.7 Å². The van der Waals surface area contributed by atoms with Gasteiger partial charge in [0.2, 0.25) is 5.95 Å². The fourth-order valence-electron chi connectivity index (χ4n) is 11.7. The van der Waals surface area contributed by atoms with Gasteiger partial charge in [0.05, 0.1) is 45.2 Å². The predicted molar refractivity (Wildman–Crippen MR) is 334 cm³/mol. The molecule has 554 valence electrons. The molecule has 20 atom stereocenters. The quantitative estimate of drug-likeness (QED) is 0.0240. The van der Waals surface area contributed by atoms with E-state index in [2.05, 4.69) is 44.9 Å². The number of nitrogens with two attached hydrogens (primary N) is 3. The van der Waals surface area contributed by atoms with Gasteiger partial charge in [-0.25, -0.2) is 52.6 Å². The van der Waals surface area contributed by atoms with Crippen LogP contribution in [-0.2, 0) is 87.2 Å². The molecule has 12 rings (SSSR count). The summed E-state index contributed by atoms with van der Waals surface area (Å²) in [5.74, 6) is -0.549. The lowest BCUT2D eigenvalue weighted by atomic mass is 10.2. The van der Waals surface area contributed by atoms with Crippen molar-refractivity contribution in [3.8, 4) is 0 Å². The van der Waals surface area contributed by atoms with Crippen molar-refractivity contribution in [2.45, 2.75) is 138 Å². The van der Waals surface area contributed by atoms with Gasteiger partial charge in [-0.2, -0.15) is 9.97 Å². The molecule has 48 nitrogen and oxygen atoms in total. The third kappa shape index (κ3) is 16.9. The van der Waals surface area contributed by atoms with E-state index in [1.165, 1.54) is 47.8 Å². The zero-order valence-electron chi connectivity index (χ0n) is 52.5. The van der Waals surface area contributed by atoms with Gasteiger partial charge in [0, 0.05) is 66.4 Å². The first-order valence-corrected chi connectivity index (χ1v) is 37.3. The molecule has 5 saturated heterocycles. The standard InChI is InChI=1S/C49H62N17O31P5/c1-20-10-63(48(72)60-43(20)68)33-5-22(67)27(89-33)13-85-99(76,77)96-26-9-37(66-19-56-39-42(66)58-46(52)59-45(39)70)93-31(26)16-88-101(80,81)95-24-7-35(64-11-21(2)44(69)61-49(64)73)91-29(24)14-86-102(82,83)97-25-8-36(65-18-55-38-40(51)53-17-54-41(38)65)92-30(25)15-87-100(78,79)94-23-6-34(90-28(23)12-84-98(74)75)62-4-3-32(50)57-47(62)71/h3-4,10-11,17-19,22-31,33-37,67H,5-9,12-16H2,1-2H3,(H13-,50,51,52,53,54,57,58,59,60,61,68,69,70,71,72,73,74,75,76,77,78,79,80,81,82,83)/p+1/t22-,23-,24-,25-,26-,27+,28+,29+,30+,31+,33+,34+,35+,36+,37+/m0/s1. The van der Waals surface area contributed by atoms with E-state index >= 15 is 0 Å². The number of hydrogen-bond donors (Lipinski definition) is 12. The number of imidazole rings is 2. The zero-order chi connectivity index (χ0) is 73.1. The van der Waals surface area contributed by atoms with E-state index in [9.17, 15) is 81.2 Å². The van der Waals surface area contributed by atoms with Crippen LogP contribution < -0.4 is 50.9 Å². The maximum Gasteiger partial charge on any atom is 0.694 e. The minimum Gasteiger partial charge on any atom is -0.390 e. The third-order valence-electron chi connectivity index (χ3n) is 16.5. The molecule has 7 aromatic heterocycles. The summed E-state index contributed by atoms with van der Waals surface area (Å²) in [6.45, 7) is -1.94. The number of anilines is 3. The average molecular weight is 1540 g/mol. The van der Waals surface area contributed by atoms with Crippen molar-refractivity contribution < 1.29 is 117 Å². The van der Waals surface area contributed by atoms with Crippen molar-refractivity contribution in [3.63, 3.8) is 0 Å². The first-order valence-electron chi connectivity index (χ1n) is 30.2. The molecule has 0 bridgehead atoms. The van der Waals surface area contributed by atoms with Crippen molar-refractivity contribution in [2.75, 3.05) is 50.2 Å². The number of rotatable bonds is 28. The smallest absolute Gasteiger partial charge is 0.390 e. The average Bonchev–Trinajstić information content (AvgIpc) is 1.64. The van der Waals surface area contributed by atoms with Crippen LogP contribution in [0.2, 0.25) is 0 Å². The highest BCUT2D eigenvalue weighted by molar-refractivity contribution is 7.48. The molecule has 0 amide bonds. The highest BCUT2D eigenvalue weighted by Gasteiger charge is 2.50. The van der Waals surface area contributed by atoms with Crippen LogP contribution in [-0.4, -0.2) is 191 Å². The second-order valence-corrected chi connectivity index (χ2v) is 29.8. The molecular formula is C49H63N17O31P5+. The highest BCUT2D eigenvalue weighted by Crippen LogP contribution is 2.55. The highest BCUT2D eigenvalue weighted by atomic mass is 31.2. The van der Waals surface area contributed by atoms with Gasteiger partial charge in [-0.1, -0.05) is 0 Å². The van der Waals surface area contributed by atoms with Gasteiger partial charge < -0.3 is 65.6 Å². The van der Waals surface area contributed by atoms with Crippen molar-refractivity contribution in [1.29, 1.82) is 0 Å². The van der Waals surface area contributed by atoms with Crippen LogP contribution >= 0.6 is 39.5 Å². The van der Waals surface area contributed by atoms with Crippen LogP contribution in [0.3, 0.4) is 0 Å². The van der Waals surface area contributed by atoms with Gasteiger partial charge in [0.25, 0.3) is 16.7 Å². The fraction of sp³-hybridized carbons (Fsp3) is 0.551. The number of aromatic nitrogens is 14. The lowest BCUT2D eigenvalue weighted by molar-refractivity contribution is -0.0639. The zero-order valence-corrected chi connectivity index (χ0v) is 57.0. The lowest BCUT2D eigenvalue weighted by Gasteiger charge is -2.25. The third-order valence-corrected chi connectivity index (χ3v) is 20.9. The number of hydrogen-bond acceptors (Lipinski definition) is 35. The summed E-state index contributed by atoms with van der Waals surface area (Å²) in [5, 5.41) is 10.8. The number of aromatic amines is 3. The summed E-state index contributed by atoms with van der Waals surface area (Å²) in [6, 6.07) is 1.26. The molecule has 15 N–H and O–H groups in total. The molecule has 0 saturated carbocycles. The summed E-state index contributed by atoms with van der Waals surface area (Å²) in [5.41, 5.74) is 12.3. The molecule has 0 radical (unpaired) electrons. The summed E-state index contributed by atoms with van der Waals surface area (Å²) in [7, 11) is -25.0. The van der Waals surface area contributed by atoms with Crippen LogP contribution in [0.15, 0.2) is 72.4 Å². The topological polar surface area (TPSA) is 666 Å². The Morgan fingerprint density at radius 3 is 1.41 bits per heavy atom. The summed E-state index contributed by atoms with van der Waals surface area (Å²) in [6.07, 6.45) is -17.4. The molecule has 0 aliphatic carbocycles. The van der Waals surface area contributed by atoms with Crippen LogP contribution in [0.5, 0.6) is 0 Å². The van der Waals surface area contributed by atoms with Gasteiger partial charge in [0.1, 0.15) is 110 Å². The number of nitrogens with zero attached hydrogens (tertiary/aromatic N) is 11. The van der Waals surface area contributed by atoms with Gasteiger partial charge in [-0.15, -0.1) is 9.42 Å². The normalized spacial score (nSPS) is 29.3. The summed E-state index contributed by atoms with van der Waals surface area (Å²) in [4.78, 5) is 161. The number of nitrogens with one attached hydrogen (secondary N) is 3. The van der Waals surface area contributed by atoms with Gasteiger partial charge in [0.15, 0.2) is 22.6 Å². The maximum absolute atomic E-state index is 14.3. The van der Waals surface area contributed by atoms with Gasteiger partial charge in [-0.3, -0.25) is 88.4 Å². The molecule has 53 heteroatoms. The minimum atomic E-state index is -5.56. The molecule has 0 aromatic carbocycles. The summed E-state index contributed by atoms with van der Waals surface area (Å²) < 4.78 is 151. The first-order chi connectivity index (χ1) is 48.1. The number of H-pyrrole nitrogens is 3. The minimum absolute atomic E-state index is 0.0190. The summed E-state index contributed by atoms with van der Waals surface area (Å²) >= 11 is 0. The number of aliphatic hydroxyl groups is 1. The fourth-order valence-corrected chi connectivity index (χ4v) is 15.8. The van der Waals surface area contributed by atoms with Crippen LogP contribution in [0.1, 0.15) is 74.4 Å². The molecule has 5 unspecified atom stereocenters. The molecule has 5 aliphatic heterocycles. The number of ether oxygens (including phenoxy) is 5. The number of phosphoric acid groups is 4. The van der Waals surface area contributed by atoms with E-state index in [0.29, 0.717) is 0 Å². The van der Waals surface area contributed by atoms with Crippen LogP contribution in [0.4, 0.5) is 17.6 Å². The van der Waals surface area contributed by atoms with Crippen molar-refractivity contribution >= 4 is 79.5 Å². The molecule has 5 fully saturated rings. The second-order valence-electron chi connectivity index (χ2n) is 23.4. The van der Waals surface area contributed by atoms with E-state index in [4.69, 9.17) is 81.6 Å². The Kier molecular flexibility index (Phi) is 21.7. The molecule has 7 aromatic rings. The van der Waals surface area contributed by atoms with Crippen molar-refractivity contribution in [3.05, 3.63) is 117 Å². The number of phosphoric ester groups is 4. The van der Waals surface area contributed by atoms with Crippen LogP contribution in [0.25, 0.3) is 22.3 Å². The largest absolute Gasteiger partial charge is 0.694 e. The van der Waals surface area contributed by atoms with E-state index in [0.717, 1.165) is 32.6 Å². The van der Waals surface area contributed by atoms with Crippen molar-refractivity contribution in [2.24, 2.45) is 0 Å². The number of fused-ring (bicyclic) bond motifs is 2. The first kappa shape index (κ1) is 74.5. The SMILES string of the molecule is Cc1cn([C@H]2C[C@H](OP(=O)(O)OC[C@H]3O[C@@H](n4cnc5c(=O)[nH]c(N)nc54)C[C@@H]3OP(=O)(O)OC[C@H]3O[C@@H](n4cc(C)c(=O)[nH]c4=O)C[C@@H]3O)[C@@H](COP(=O)(O)O[C@H]3C[C@H](n4cnc5c(N)ncnc54)O[C@@H]3COP(=O)(O)O[C@H]3C[C@H](n4ccc(N)nc4=O)O[C@@H]3CO[P+](=O)O)O2)c(=O)[nH]c1=O. The molecule has 5 aliphatic rings.